The van der Waals surface area contributed by atoms with Crippen molar-refractivity contribution in [3.8, 4) is 0 Å². The first kappa shape index (κ1) is 8.00. The fourth-order valence-electron chi connectivity index (χ4n) is 2.09. The summed E-state index contributed by atoms with van der Waals surface area (Å²) in [6, 6.07) is 8.23. The molecule has 1 unspecified atom stereocenters. The average Bonchev–Trinajstić information content (AvgIpc) is 2.57. The van der Waals surface area contributed by atoms with E-state index in [4.69, 9.17) is 4.74 Å². The number of benzene rings is 1. The van der Waals surface area contributed by atoms with Crippen molar-refractivity contribution >= 4 is 10.9 Å². The van der Waals surface area contributed by atoms with Crippen molar-refractivity contribution in [2.24, 2.45) is 0 Å². The summed E-state index contributed by atoms with van der Waals surface area (Å²) in [5, 5.41) is 5.76. The molecule has 1 aromatic heterocycles. The summed E-state index contributed by atoms with van der Waals surface area (Å²) in [5.41, 5.74) is 2.28. The van der Waals surface area contributed by atoms with Gasteiger partial charge in [0.1, 0.15) is 0 Å². The Labute approximate surface area is 82.3 Å². The van der Waals surface area contributed by atoms with Crippen LogP contribution in [-0.2, 0) is 11.3 Å². The van der Waals surface area contributed by atoms with Gasteiger partial charge in [0.15, 0.2) is 0 Å². The highest BCUT2D eigenvalue weighted by Crippen LogP contribution is 2.28. The smallest absolute Gasteiger partial charge is 0.0970 e. The van der Waals surface area contributed by atoms with Crippen LogP contribution in [0.25, 0.3) is 10.9 Å². The Morgan fingerprint density at radius 1 is 1.43 bits per heavy atom. The Bertz CT molecular complexity index is 475. The van der Waals surface area contributed by atoms with Gasteiger partial charge in [-0.15, -0.1) is 0 Å². The molecule has 0 aliphatic carbocycles. The Morgan fingerprint density at radius 3 is 3.21 bits per heavy atom. The van der Waals surface area contributed by atoms with Crippen LogP contribution in [-0.4, -0.2) is 16.4 Å². The molecule has 72 valence electrons. The Morgan fingerprint density at radius 2 is 2.29 bits per heavy atom. The van der Waals surface area contributed by atoms with Crippen LogP contribution in [0.2, 0.25) is 0 Å². The lowest BCUT2D eigenvalue weighted by atomic mass is 10.1. The number of nitrogens with zero attached hydrogens (tertiary/aromatic N) is 2. The van der Waals surface area contributed by atoms with Gasteiger partial charge in [-0.1, -0.05) is 18.2 Å². The first-order valence-corrected chi connectivity index (χ1v) is 4.93. The molecule has 0 saturated heterocycles. The van der Waals surface area contributed by atoms with Crippen LogP contribution in [0.1, 0.15) is 18.7 Å². The molecule has 1 aromatic carbocycles. The zero-order chi connectivity index (χ0) is 9.54. The minimum absolute atomic E-state index is 0.163. The van der Waals surface area contributed by atoms with Crippen LogP contribution in [0.3, 0.4) is 0 Å². The standard InChI is InChI=1S/C11H12N2O/c1-8-11-9-4-2-3-5-10(9)12-13(11)6-7-14-8/h2-5,8H,6-7H2,1H3. The minimum atomic E-state index is 0.163. The third kappa shape index (κ3) is 0.990. The molecule has 1 aliphatic rings. The topological polar surface area (TPSA) is 27.1 Å². The molecule has 3 rings (SSSR count). The van der Waals surface area contributed by atoms with Gasteiger partial charge in [0.05, 0.1) is 30.5 Å². The number of rotatable bonds is 0. The quantitative estimate of drug-likeness (QED) is 0.633. The first-order chi connectivity index (χ1) is 6.86. The SMILES string of the molecule is CC1OCCn2nc3ccccc3c21. The Kier molecular flexibility index (Phi) is 1.61. The molecule has 0 radical (unpaired) electrons. The van der Waals surface area contributed by atoms with Crippen LogP contribution in [0.5, 0.6) is 0 Å². The van der Waals surface area contributed by atoms with Crippen LogP contribution in [0.15, 0.2) is 24.3 Å². The number of ether oxygens (including phenoxy) is 1. The molecule has 14 heavy (non-hydrogen) atoms. The number of fused-ring (bicyclic) bond motifs is 3. The predicted molar refractivity (Wildman–Crippen MR) is 54.1 cm³/mol. The zero-order valence-corrected chi connectivity index (χ0v) is 8.10. The van der Waals surface area contributed by atoms with E-state index in [1.165, 1.54) is 11.1 Å². The van der Waals surface area contributed by atoms with E-state index >= 15 is 0 Å². The molecule has 3 heteroatoms. The minimum Gasteiger partial charge on any atom is -0.370 e. The lowest BCUT2D eigenvalue weighted by Gasteiger charge is -2.21. The molecule has 2 aromatic rings. The molecular weight excluding hydrogens is 176 g/mol. The summed E-state index contributed by atoms with van der Waals surface area (Å²) < 4.78 is 7.68. The van der Waals surface area contributed by atoms with E-state index in [0.29, 0.717) is 0 Å². The zero-order valence-electron chi connectivity index (χ0n) is 8.10. The van der Waals surface area contributed by atoms with Gasteiger partial charge in [-0.25, -0.2) is 0 Å². The number of aromatic nitrogens is 2. The molecule has 1 atom stereocenters. The predicted octanol–water partition coefficient (Wildman–Crippen LogP) is 2.13. The summed E-state index contributed by atoms with van der Waals surface area (Å²) in [5.74, 6) is 0. The van der Waals surface area contributed by atoms with Crippen LogP contribution in [0, 0.1) is 0 Å². The molecule has 3 nitrogen and oxygen atoms in total. The fourth-order valence-corrected chi connectivity index (χ4v) is 2.09. The van der Waals surface area contributed by atoms with Crippen molar-refractivity contribution in [3.05, 3.63) is 30.0 Å². The van der Waals surface area contributed by atoms with Crippen LogP contribution < -0.4 is 0 Å². The van der Waals surface area contributed by atoms with E-state index in [1.54, 1.807) is 0 Å². The second-order valence-electron chi connectivity index (χ2n) is 3.64. The molecule has 0 bridgehead atoms. The highest BCUT2D eigenvalue weighted by atomic mass is 16.5. The summed E-state index contributed by atoms with van der Waals surface area (Å²) in [6.07, 6.45) is 0.163. The van der Waals surface area contributed by atoms with Crippen LogP contribution in [0.4, 0.5) is 0 Å². The second-order valence-corrected chi connectivity index (χ2v) is 3.64. The summed E-state index contributed by atoms with van der Waals surface area (Å²) in [4.78, 5) is 0. The van der Waals surface area contributed by atoms with Crippen molar-refractivity contribution in [1.29, 1.82) is 0 Å². The molecular formula is C11H12N2O. The van der Waals surface area contributed by atoms with Gasteiger partial charge in [-0.3, -0.25) is 4.68 Å². The normalized spacial score (nSPS) is 21.1. The molecule has 2 heterocycles. The maximum Gasteiger partial charge on any atom is 0.0970 e. The van der Waals surface area contributed by atoms with Gasteiger partial charge >= 0.3 is 0 Å². The third-order valence-electron chi connectivity index (χ3n) is 2.74. The van der Waals surface area contributed by atoms with Gasteiger partial charge in [-0.2, -0.15) is 5.10 Å². The lowest BCUT2D eigenvalue weighted by molar-refractivity contribution is 0.0300. The van der Waals surface area contributed by atoms with Gasteiger partial charge in [-0.05, 0) is 13.0 Å². The van der Waals surface area contributed by atoms with Crippen molar-refractivity contribution in [2.75, 3.05) is 6.61 Å². The molecule has 0 saturated carbocycles. The van der Waals surface area contributed by atoms with Crippen LogP contribution >= 0.6 is 0 Å². The summed E-state index contributed by atoms with van der Waals surface area (Å²) in [7, 11) is 0. The number of hydrogen-bond acceptors (Lipinski definition) is 2. The van der Waals surface area contributed by atoms with E-state index < -0.39 is 0 Å². The fraction of sp³-hybridized carbons (Fsp3) is 0.364. The molecule has 0 spiro atoms. The molecule has 0 N–H and O–H groups in total. The van der Waals surface area contributed by atoms with Gasteiger partial charge in [0, 0.05) is 5.39 Å². The molecule has 0 fully saturated rings. The van der Waals surface area contributed by atoms with Gasteiger partial charge in [0.2, 0.25) is 0 Å². The second kappa shape index (κ2) is 2.82. The number of hydrogen-bond donors (Lipinski definition) is 0. The summed E-state index contributed by atoms with van der Waals surface area (Å²) >= 11 is 0. The Balaban J connectivity index is 2.34. The Hall–Kier alpha value is -1.35. The van der Waals surface area contributed by atoms with E-state index in [2.05, 4.69) is 22.8 Å². The average molecular weight is 188 g/mol. The molecule has 1 aliphatic heterocycles. The van der Waals surface area contributed by atoms with Gasteiger partial charge < -0.3 is 4.74 Å². The lowest BCUT2D eigenvalue weighted by Crippen LogP contribution is -2.20. The summed E-state index contributed by atoms with van der Waals surface area (Å²) in [6.45, 7) is 3.72. The van der Waals surface area contributed by atoms with Crippen molar-refractivity contribution in [2.45, 2.75) is 19.6 Å². The van der Waals surface area contributed by atoms with Crippen molar-refractivity contribution < 1.29 is 4.74 Å². The van der Waals surface area contributed by atoms with E-state index in [0.717, 1.165) is 18.7 Å². The van der Waals surface area contributed by atoms with Crippen molar-refractivity contribution in [3.63, 3.8) is 0 Å². The van der Waals surface area contributed by atoms with E-state index in [9.17, 15) is 0 Å². The largest absolute Gasteiger partial charge is 0.370 e. The van der Waals surface area contributed by atoms with E-state index in [-0.39, 0.29) is 6.10 Å². The van der Waals surface area contributed by atoms with E-state index in [1.807, 2.05) is 18.2 Å². The first-order valence-electron chi connectivity index (χ1n) is 4.93. The maximum absolute atomic E-state index is 5.61. The monoisotopic (exact) mass is 188 g/mol. The van der Waals surface area contributed by atoms with Gasteiger partial charge in [0.25, 0.3) is 0 Å². The highest BCUT2D eigenvalue weighted by molar-refractivity contribution is 5.81. The third-order valence-corrected chi connectivity index (χ3v) is 2.74. The highest BCUT2D eigenvalue weighted by Gasteiger charge is 2.20. The molecule has 0 amide bonds. The maximum atomic E-state index is 5.61. The van der Waals surface area contributed by atoms with Crippen molar-refractivity contribution in [1.82, 2.24) is 9.78 Å².